The molecule has 16 heavy (non-hydrogen) atoms. The molecule has 1 N–H and O–H groups in total. The Labute approximate surface area is 93.1 Å². The first kappa shape index (κ1) is 11.7. The fourth-order valence-electron chi connectivity index (χ4n) is 1.19. The van der Waals surface area contributed by atoms with Crippen molar-refractivity contribution in [3.8, 4) is 11.8 Å². The fourth-order valence-corrected chi connectivity index (χ4v) is 1.19. The first-order valence-electron chi connectivity index (χ1n) is 4.62. The number of methoxy groups -OCH3 is 1. The van der Waals surface area contributed by atoms with Gasteiger partial charge in [-0.3, -0.25) is 0 Å². The highest BCUT2D eigenvalue weighted by atomic mass is 16.5. The van der Waals surface area contributed by atoms with Crippen LogP contribution in [0.25, 0.3) is 10.4 Å². The Kier molecular flexibility index (Phi) is 4.51. The highest BCUT2D eigenvalue weighted by Gasteiger charge is 2.08. The molecule has 0 saturated carbocycles. The van der Waals surface area contributed by atoms with E-state index in [1.165, 1.54) is 0 Å². The van der Waals surface area contributed by atoms with E-state index in [0.29, 0.717) is 11.4 Å². The van der Waals surface area contributed by atoms with Crippen molar-refractivity contribution in [2.45, 2.75) is 6.04 Å². The molecule has 0 aliphatic heterocycles. The van der Waals surface area contributed by atoms with Crippen molar-refractivity contribution in [2.75, 3.05) is 19.0 Å². The van der Waals surface area contributed by atoms with Gasteiger partial charge in [-0.1, -0.05) is 17.2 Å². The summed E-state index contributed by atoms with van der Waals surface area (Å²) in [6, 6.07) is 8.67. The van der Waals surface area contributed by atoms with Crippen molar-refractivity contribution < 1.29 is 4.74 Å². The zero-order chi connectivity index (χ0) is 11.8. The van der Waals surface area contributed by atoms with Gasteiger partial charge in [0.25, 0.3) is 0 Å². The number of rotatable bonds is 5. The van der Waals surface area contributed by atoms with Crippen LogP contribution >= 0.6 is 0 Å². The number of azide groups is 1. The molecular formula is C10H11N5O. The van der Waals surface area contributed by atoms with Gasteiger partial charge in [-0.25, -0.2) is 0 Å². The number of para-hydroxylation sites is 2. The van der Waals surface area contributed by atoms with Gasteiger partial charge < -0.3 is 10.1 Å². The van der Waals surface area contributed by atoms with Gasteiger partial charge in [0.15, 0.2) is 0 Å². The highest BCUT2D eigenvalue weighted by Crippen LogP contribution is 2.23. The first-order chi connectivity index (χ1) is 7.81. The second-order valence-electron chi connectivity index (χ2n) is 2.94. The largest absolute Gasteiger partial charge is 0.495 e. The summed E-state index contributed by atoms with van der Waals surface area (Å²) < 4.78 is 5.12. The number of hydrogen-bond acceptors (Lipinski definition) is 4. The number of hydrogen-bond donors (Lipinski definition) is 1. The minimum Gasteiger partial charge on any atom is -0.495 e. The lowest BCUT2D eigenvalue weighted by Crippen LogP contribution is -2.20. The third-order valence-electron chi connectivity index (χ3n) is 1.92. The molecule has 0 aliphatic rings. The molecule has 1 aromatic rings. The zero-order valence-electron chi connectivity index (χ0n) is 8.79. The van der Waals surface area contributed by atoms with Crippen LogP contribution in [0.15, 0.2) is 29.4 Å². The Morgan fingerprint density at radius 2 is 2.38 bits per heavy atom. The van der Waals surface area contributed by atoms with Crippen LogP contribution in [0.5, 0.6) is 5.75 Å². The van der Waals surface area contributed by atoms with Gasteiger partial charge in [-0.05, 0) is 17.7 Å². The van der Waals surface area contributed by atoms with Crippen molar-refractivity contribution in [1.29, 1.82) is 5.26 Å². The summed E-state index contributed by atoms with van der Waals surface area (Å²) >= 11 is 0. The number of nitrogens with one attached hydrogen (secondary N) is 1. The monoisotopic (exact) mass is 217 g/mol. The Morgan fingerprint density at radius 3 is 3.00 bits per heavy atom. The maximum Gasteiger partial charge on any atom is 0.141 e. The molecule has 0 fully saturated rings. The third-order valence-corrected chi connectivity index (χ3v) is 1.92. The highest BCUT2D eigenvalue weighted by molar-refractivity contribution is 5.57. The number of nitrogens with zero attached hydrogens (tertiary/aromatic N) is 4. The molecule has 0 bridgehead atoms. The maximum atomic E-state index is 8.84. The average molecular weight is 217 g/mol. The topological polar surface area (TPSA) is 93.8 Å². The summed E-state index contributed by atoms with van der Waals surface area (Å²) in [4.78, 5) is 2.61. The van der Waals surface area contributed by atoms with E-state index in [2.05, 4.69) is 15.3 Å². The van der Waals surface area contributed by atoms with Crippen molar-refractivity contribution >= 4 is 5.69 Å². The summed E-state index contributed by atoms with van der Waals surface area (Å²) in [6.07, 6.45) is 0. The summed E-state index contributed by atoms with van der Waals surface area (Å²) in [5.74, 6) is 0.642. The minimum absolute atomic E-state index is 0.0745. The van der Waals surface area contributed by atoms with Crippen LogP contribution in [0.4, 0.5) is 5.69 Å². The quantitative estimate of drug-likeness (QED) is 0.465. The van der Waals surface area contributed by atoms with Gasteiger partial charge in [-0.2, -0.15) is 5.26 Å². The molecule has 6 nitrogen and oxygen atoms in total. The summed E-state index contributed by atoms with van der Waals surface area (Å²) in [5.41, 5.74) is 8.87. The van der Waals surface area contributed by atoms with Crippen LogP contribution in [0.2, 0.25) is 0 Å². The zero-order valence-corrected chi connectivity index (χ0v) is 8.79. The lowest BCUT2D eigenvalue weighted by atomic mass is 10.2. The summed E-state index contributed by atoms with van der Waals surface area (Å²) in [7, 11) is 1.55. The lowest BCUT2D eigenvalue weighted by Gasteiger charge is -2.13. The van der Waals surface area contributed by atoms with Crippen molar-refractivity contribution in [2.24, 2.45) is 5.11 Å². The number of anilines is 1. The molecule has 0 heterocycles. The van der Waals surface area contributed by atoms with Crippen LogP contribution in [-0.4, -0.2) is 19.7 Å². The molecule has 1 aromatic carbocycles. The molecule has 1 rings (SSSR count). The molecular weight excluding hydrogens is 206 g/mol. The number of nitriles is 1. The van der Waals surface area contributed by atoms with E-state index in [-0.39, 0.29) is 6.54 Å². The average Bonchev–Trinajstić information content (AvgIpc) is 2.34. The van der Waals surface area contributed by atoms with Crippen molar-refractivity contribution in [3.63, 3.8) is 0 Å². The third kappa shape index (κ3) is 3.08. The molecule has 1 atom stereocenters. The predicted molar refractivity (Wildman–Crippen MR) is 60.0 cm³/mol. The SMILES string of the molecule is COc1ccccc1NC(C#N)CN=[N+]=[N-]. The second kappa shape index (κ2) is 6.17. The standard InChI is InChI=1S/C10H11N5O/c1-16-10-5-3-2-4-9(10)14-8(6-11)7-13-15-12/h2-5,8,14H,7H2,1H3. The van der Waals surface area contributed by atoms with Gasteiger partial charge >= 0.3 is 0 Å². The normalized spacial score (nSPS) is 10.8. The molecule has 1 unspecified atom stereocenters. The van der Waals surface area contributed by atoms with Crippen molar-refractivity contribution in [3.05, 3.63) is 34.7 Å². The summed E-state index contributed by atoms with van der Waals surface area (Å²) in [6.45, 7) is 0.0745. The Balaban J connectivity index is 2.77. The van der Waals surface area contributed by atoms with Crippen LogP contribution < -0.4 is 10.1 Å². The van der Waals surface area contributed by atoms with Gasteiger partial charge in [0.05, 0.1) is 25.4 Å². The van der Waals surface area contributed by atoms with Crippen LogP contribution in [-0.2, 0) is 0 Å². The summed E-state index contributed by atoms with van der Waals surface area (Å²) in [5, 5.41) is 15.1. The van der Waals surface area contributed by atoms with E-state index in [1.807, 2.05) is 18.2 Å². The van der Waals surface area contributed by atoms with E-state index in [4.69, 9.17) is 15.5 Å². The first-order valence-corrected chi connectivity index (χ1v) is 4.62. The van der Waals surface area contributed by atoms with Gasteiger partial charge in [0.1, 0.15) is 11.8 Å². The van der Waals surface area contributed by atoms with E-state index < -0.39 is 6.04 Å². The number of ether oxygens (including phenoxy) is 1. The van der Waals surface area contributed by atoms with Crippen LogP contribution in [0, 0.1) is 11.3 Å². The molecule has 82 valence electrons. The Morgan fingerprint density at radius 1 is 1.62 bits per heavy atom. The van der Waals surface area contributed by atoms with Crippen LogP contribution in [0.3, 0.4) is 0 Å². The smallest absolute Gasteiger partial charge is 0.141 e. The van der Waals surface area contributed by atoms with E-state index >= 15 is 0 Å². The van der Waals surface area contributed by atoms with E-state index in [0.717, 1.165) is 0 Å². The van der Waals surface area contributed by atoms with E-state index in [9.17, 15) is 0 Å². The fraction of sp³-hybridized carbons (Fsp3) is 0.300. The van der Waals surface area contributed by atoms with E-state index in [1.54, 1.807) is 19.2 Å². The second-order valence-corrected chi connectivity index (χ2v) is 2.94. The van der Waals surface area contributed by atoms with Gasteiger partial charge in [0, 0.05) is 4.91 Å². The minimum atomic E-state index is -0.563. The van der Waals surface area contributed by atoms with Crippen molar-refractivity contribution in [1.82, 2.24) is 0 Å². The molecule has 0 amide bonds. The number of benzene rings is 1. The van der Waals surface area contributed by atoms with Gasteiger partial charge in [-0.15, -0.1) is 0 Å². The molecule has 0 spiro atoms. The molecule has 6 heteroatoms. The molecule has 0 aliphatic carbocycles. The molecule has 0 aromatic heterocycles. The predicted octanol–water partition coefficient (Wildman–Crippen LogP) is 2.31. The Bertz CT molecular complexity index is 433. The Hall–Kier alpha value is -2.38. The molecule has 0 saturated heterocycles. The van der Waals surface area contributed by atoms with Crippen LogP contribution in [0.1, 0.15) is 0 Å². The molecule has 0 radical (unpaired) electrons. The lowest BCUT2D eigenvalue weighted by molar-refractivity contribution is 0.416. The maximum absolute atomic E-state index is 8.84. The van der Waals surface area contributed by atoms with Gasteiger partial charge in [0.2, 0.25) is 0 Å².